The van der Waals surface area contributed by atoms with Crippen molar-refractivity contribution in [3.8, 4) is 0 Å². The highest BCUT2D eigenvalue weighted by Gasteiger charge is 2.21. The first-order chi connectivity index (χ1) is 8.83. The lowest BCUT2D eigenvalue weighted by Gasteiger charge is -2.08. The van der Waals surface area contributed by atoms with Crippen LogP contribution < -0.4 is 5.32 Å². The largest absolute Gasteiger partial charge is 0.307 e. The number of halogens is 1. The van der Waals surface area contributed by atoms with Crippen molar-refractivity contribution in [1.82, 2.24) is 20.1 Å². The van der Waals surface area contributed by atoms with Gasteiger partial charge in [0.15, 0.2) is 0 Å². The van der Waals surface area contributed by atoms with Crippen molar-refractivity contribution in [2.75, 3.05) is 0 Å². The Bertz CT molecular complexity index is 533. The Hall–Kier alpha value is -1.20. The monoisotopic (exact) mass is 306 g/mol. The van der Waals surface area contributed by atoms with Crippen LogP contribution in [0, 0.1) is 0 Å². The number of rotatable bonds is 5. The van der Waals surface area contributed by atoms with Gasteiger partial charge in [0.1, 0.15) is 12.2 Å². The average molecular weight is 307 g/mol. The molecule has 0 amide bonds. The number of benzene rings is 1. The van der Waals surface area contributed by atoms with E-state index in [4.69, 9.17) is 0 Å². The summed E-state index contributed by atoms with van der Waals surface area (Å²) in [6.45, 7) is 1.55. The molecule has 0 spiro atoms. The van der Waals surface area contributed by atoms with E-state index < -0.39 is 0 Å². The molecule has 0 unspecified atom stereocenters. The van der Waals surface area contributed by atoms with E-state index in [0.29, 0.717) is 6.04 Å². The molecule has 1 saturated carbocycles. The van der Waals surface area contributed by atoms with Crippen molar-refractivity contribution in [1.29, 1.82) is 0 Å². The minimum atomic E-state index is 0.693. The van der Waals surface area contributed by atoms with Gasteiger partial charge in [-0.05, 0) is 24.5 Å². The zero-order valence-electron chi connectivity index (χ0n) is 10.0. The molecule has 0 atom stereocenters. The highest BCUT2D eigenvalue weighted by Crippen LogP contribution is 2.20. The predicted molar refractivity (Wildman–Crippen MR) is 73.1 cm³/mol. The normalized spacial score (nSPS) is 14.9. The van der Waals surface area contributed by atoms with Gasteiger partial charge in [-0.15, -0.1) is 0 Å². The van der Waals surface area contributed by atoms with Gasteiger partial charge in [-0.1, -0.05) is 34.1 Å². The second kappa shape index (κ2) is 5.20. The van der Waals surface area contributed by atoms with Crippen molar-refractivity contribution in [3.05, 3.63) is 46.5 Å². The summed E-state index contributed by atoms with van der Waals surface area (Å²) >= 11 is 3.56. The molecule has 1 fully saturated rings. The van der Waals surface area contributed by atoms with Gasteiger partial charge >= 0.3 is 0 Å². The molecule has 2 aromatic rings. The highest BCUT2D eigenvalue weighted by atomic mass is 79.9. The zero-order chi connectivity index (χ0) is 12.4. The Morgan fingerprint density at radius 1 is 1.33 bits per heavy atom. The van der Waals surface area contributed by atoms with E-state index >= 15 is 0 Å². The average Bonchev–Trinajstić information content (AvgIpc) is 3.10. The Kier molecular flexibility index (Phi) is 3.43. The molecular weight excluding hydrogens is 292 g/mol. The summed E-state index contributed by atoms with van der Waals surface area (Å²) in [6, 6.07) is 8.90. The minimum absolute atomic E-state index is 0.693. The van der Waals surface area contributed by atoms with Crippen LogP contribution in [0.4, 0.5) is 0 Å². The fourth-order valence-corrected chi connectivity index (χ4v) is 2.28. The third-order valence-electron chi connectivity index (χ3n) is 3.10. The number of nitrogens with zero attached hydrogens (tertiary/aromatic N) is 3. The van der Waals surface area contributed by atoms with Gasteiger partial charge < -0.3 is 5.32 Å². The maximum Gasteiger partial charge on any atom is 0.141 e. The van der Waals surface area contributed by atoms with E-state index in [9.17, 15) is 0 Å². The predicted octanol–water partition coefficient (Wildman–Crippen LogP) is 2.34. The summed E-state index contributed by atoms with van der Waals surface area (Å²) in [5, 5.41) is 7.76. The third kappa shape index (κ3) is 2.79. The van der Waals surface area contributed by atoms with E-state index in [1.165, 1.54) is 18.4 Å². The highest BCUT2D eigenvalue weighted by molar-refractivity contribution is 9.10. The van der Waals surface area contributed by atoms with Gasteiger partial charge in [0.2, 0.25) is 0 Å². The number of hydrogen-bond acceptors (Lipinski definition) is 3. The molecule has 1 aliphatic carbocycles. The topological polar surface area (TPSA) is 42.7 Å². The zero-order valence-corrected chi connectivity index (χ0v) is 11.6. The van der Waals surface area contributed by atoms with Crippen LogP contribution in [0.1, 0.15) is 24.2 Å². The Morgan fingerprint density at radius 3 is 2.94 bits per heavy atom. The second-order valence-corrected chi connectivity index (χ2v) is 5.43. The lowest BCUT2D eigenvalue weighted by molar-refractivity contribution is 0.582. The van der Waals surface area contributed by atoms with E-state index in [-0.39, 0.29) is 0 Å². The van der Waals surface area contributed by atoms with E-state index in [2.05, 4.69) is 37.4 Å². The summed E-state index contributed by atoms with van der Waals surface area (Å²) in [6.07, 6.45) is 4.21. The van der Waals surface area contributed by atoms with E-state index in [0.717, 1.165) is 23.4 Å². The van der Waals surface area contributed by atoms with Crippen LogP contribution in [0.5, 0.6) is 0 Å². The lowest BCUT2D eigenvalue weighted by atomic mass is 10.2. The SMILES string of the molecule is Brc1ccccc1Cn1ncnc1CNC1CC1. The van der Waals surface area contributed by atoms with Gasteiger partial charge in [0.05, 0.1) is 13.1 Å². The number of nitrogens with one attached hydrogen (secondary N) is 1. The van der Waals surface area contributed by atoms with Crippen molar-refractivity contribution in [3.63, 3.8) is 0 Å². The summed E-state index contributed by atoms with van der Waals surface area (Å²) in [5.41, 5.74) is 1.22. The Morgan fingerprint density at radius 2 is 2.17 bits per heavy atom. The van der Waals surface area contributed by atoms with Crippen molar-refractivity contribution in [2.24, 2.45) is 0 Å². The van der Waals surface area contributed by atoms with Crippen molar-refractivity contribution < 1.29 is 0 Å². The fraction of sp³-hybridized carbons (Fsp3) is 0.385. The van der Waals surface area contributed by atoms with Gasteiger partial charge in [0.25, 0.3) is 0 Å². The molecule has 4 nitrogen and oxygen atoms in total. The molecule has 94 valence electrons. The quantitative estimate of drug-likeness (QED) is 0.922. The van der Waals surface area contributed by atoms with E-state index in [1.54, 1.807) is 6.33 Å². The standard InChI is InChI=1S/C13H15BrN4/c14-12-4-2-1-3-10(12)8-18-13(16-9-17-18)7-15-11-5-6-11/h1-4,9,11,15H,5-8H2. The van der Waals surface area contributed by atoms with Gasteiger partial charge in [-0.25, -0.2) is 9.67 Å². The molecule has 1 aliphatic rings. The molecule has 0 saturated heterocycles. The van der Waals surface area contributed by atoms with Gasteiger partial charge in [-0.2, -0.15) is 5.10 Å². The summed E-state index contributed by atoms with van der Waals surface area (Å²) in [4.78, 5) is 4.32. The number of aromatic nitrogens is 3. The molecule has 5 heteroatoms. The smallest absolute Gasteiger partial charge is 0.141 e. The molecule has 3 rings (SSSR count). The molecule has 1 aromatic heterocycles. The van der Waals surface area contributed by atoms with Crippen LogP contribution in [0.25, 0.3) is 0 Å². The molecule has 1 aromatic carbocycles. The summed E-state index contributed by atoms with van der Waals surface area (Å²) in [7, 11) is 0. The first kappa shape index (κ1) is 11.9. The fourth-order valence-electron chi connectivity index (χ4n) is 1.87. The van der Waals surface area contributed by atoms with Crippen LogP contribution in [-0.2, 0) is 13.1 Å². The molecule has 1 heterocycles. The molecule has 1 N–H and O–H groups in total. The van der Waals surface area contributed by atoms with Crippen LogP contribution in [-0.4, -0.2) is 20.8 Å². The van der Waals surface area contributed by atoms with Gasteiger partial charge in [0, 0.05) is 10.5 Å². The molecule has 0 bridgehead atoms. The van der Waals surface area contributed by atoms with Crippen LogP contribution in [0.2, 0.25) is 0 Å². The lowest BCUT2D eigenvalue weighted by Crippen LogP contribution is -2.19. The van der Waals surface area contributed by atoms with Crippen LogP contribution >= 0.6 is 15.9 Å². The maximum atomic E-state index is 4.32. The summed E-state index contributed by atoms with van der Waals surface area (Å²) in [5.74, 6) is 0.998. The first-order valence-corrected chi connectivity index (χ1v) is 6.96. The van der Waals surface area contributed by atoms with Crippen LogP contribution in [0.3, 0.4) is 0 Å². The minimum Gasteiger partial charge on any atom is -0.307 e. The first-order valence-electron chi connectivity index (χ1n) is 6.16. The molecule has 0 aliphatic heterocycles. The Labute approximate surface area is 115 Å². The molecule has 0 radical (unpaired) electrons. The second-order valence-electron chi connectivity index (χ2n) is 4.58. The van der Waals surface area contributed by atoms with E-state index in [1.807, 2.05) is 22.9 Å². The van der Waals surface area contributed by atoms with Crippen LogP contribution in [0.15, 0.2) is 35.1 Å². The maximum absolute atomic E-state index is 4.32. The third-order valence-corrected chi connectivity index (χ3v) is 3.87. The molecular formula is C13H15BrN4. The Balaban J connectivity index is 1.71. The van der Waals surface area contributed by atoms with Gasteiger partial charge in [-0.3, -0.25) is 0 Å². The number of hydrogen-bond donors (Lipinski definition) is 1. The summed E-state index contributed by atoms with van der Waals surface area (Å²) < 4.78 is 3.07. The van der Waals surface area contributed by atoms with Crippen molar-refractivity contribution >= 4 is 15.9 Å². The van der Waals surface area contributed by atoms with Crippen molar-refractivity contribution in [2.45, 2.75) is 32.0 Å². The molecule has 18 heavy (non-hydrogen) atoms.